The maximum Gasteiger partial charge on any atom is 0.124 e. The number of para-hydroxylation sites is 1. The Bertz CT molecular complexity index is 870. The highest BCUT2D eigenvalue weighted by molar-refractivity contribution is 7.71. The molecule has 3 aromatic carbocycles. The molecule has 0 aliphatic carbocycles. The lowest BCUT2D eigenvalue weighted by molar-refractivity contribution is 0.468. The van der Waals surface area contributed by atoms with Crippen LogP contribution in [0.4, 0.5) is 0 Å². The second kappa shape index (κ2) is 6.67. The Morgan fingerprint density at radius 2 is 1.42 bits per heavy atom. The number of aromatic hydroxyl groups is 1. The fourth-order valence-electron chi connectivity index (χ4n) is 3.07. The van der Waals surface area contributed by atoms with Crippen molar-refractivity contribution < 1.29 is 9.67 Å². The number of aryl methyl sites for hydroxylation is 1. The molecule has 0 aromatic heterocycles. The molecule has 3 heteroatoms. The van der Waals surface area contributed by atoms with Gasteiger partial charge >= 0.3 is 0 Å². The zero-order valence-electron chi connectivity index (χ0n) is 13.9. The van der Waals surface area contributed by atoms with Crippen LogP contribution in [0.2, 0.25) is 0 Å². The summed E-state index contributed by atoms with van der Waals surface area (Å²) in [6.45, 7) is 3.83. The summed E-state index contributed by atoms with van der Waals surface area (Å²) < 4.78 is 13.8. The molecule has 2 nitrogen and oxygen atoms in total. The fourth-order valence-corrected chi connectivity index (χ4v) is 5.62. The molecule has 0 radical (unpaired) electrons. The average molecular weight is 336 g/mol. The third kappa shape index (κ3) is 3.16. The average Bonchev–Trinajstić information content (AvgIpc) is 2.59. The van der Waals surface area contributed by atoms with Gasteiger partial charge in [0.1, 0.15) is 12.9 Å². The van der Waals surface area contributed by atoms with E-state index >= 15 is 0 Å². The zero-order valence-corrected chi connectivity index (χ0v) is 14.8. The summed E-state index contributed by atoms with van der Waals surface area (Å²) in [4.78, 5) is 0. The molecule has 0 fully saturated rings. The van der Waals surface area contributed by atoms with Gasteiger partial charge in [-0.05, 0) is 25.2 Å². The van der Waals surface area contributed by atoms with E-state index in [9.17, 15) is 9.67 Å². The van der Waals surface area contributed by atoms with Crippen LogP contribution in [0.3, 0.4) is 0 Å². The van der Waals surface area contributed by atoms with E-state index in [2.05, 4.69) is 0 Å². The van der Waals surface area contributed by atoms with Gasteiger partial charge in [-0.1, -0.05) is 78.4 Å². The molecule has 0 saturated carbocycles. The molecule has 0 heterocycles. The molecule has 0 amide bonds. The lowest BCUT2D eigenvalue weighted by atomic mass is 10.0. The predicted molar refractivity (Wildman–Crippen MR) is 101 cm³/mol. The van der Waals surface area contributed by atoms with Crippen LogP contribution < -0.4 is 5.30 Å². The predicted octanol–water partition coefficient (Wildman–Crippen LogP) is 5.11. The third-order valence-electron chi connectivity index (χ3n) is 4.39. The van der Waals surface area contributed by atoms with Gasteiger partial charge < -0.3 is 9.67 Å². The summed E-state index contributed by atoms with van der Waals surface area (Å²) >= 11 is 0. The summed E-state index contributed by atoms with van der Waals surface area (Å²) in [7, 11) is -2.80. The Hall–Kier alpha value is -2.31. The Kier molecular flexibility index (Phi) is 4.59. The van der Waals surface area contributed by atoms with Crippen LogP contribution >= 0.6 is 7.14 Å². The van der Waals surface area contributed by atoms with E-state index in [0.717, 1.165) is 16.4 Å². The third-order valence-corrected chi connectivity index (χ3v) is 7.27. The largest absolute Gasteiger partial charge is 0.508 e. The van der Waals surface area contributed by atoms with E-state index in [0.29, 0.717) is 5.56 Å². The summed E-state index contributed by atoms with van der Waals surface area (Å²) in [5, 5.41) is 11.2. The van der Waals surface area contributed by atoms with Crippen molar-refractivity contribution in [2.24, 2.45) is 0 Å². The van der Waals surface area contributed by atoms with Crippen molar-refractivity contribution in [2.75, 3.05) is 6.66 Å². The zero-order chi connectivity index (χ0) is 17.2. The van der Waals surface area contributed by atoms with Gasteiger partial charge in [-0.3, -0.25) is 0 Å². The maximum atomic E-state index is 13.8. The second-order valence-electron chi connectivity index (χ2n) is 6.20. The van der Waals surface area contributed by atoms with E-state index in [4.69, 9.17) is 0 Å². The molecule has 0 bridgehead atoms. The van der Waals surface area contributed by atoms with Crippen molar-refractivity contribution in [3.63, 3.8) is 0 Å². The van der Waals surface area contributed by atoms with Gasteiger partial charge in [0.05, 0.1) is 5.66 Å². The van der Waals surface area contributed by atoms with Crippen molar-refractivity contribution in [1.29, 1.82) is 0 Å². The normalized spacial score (nSPS) is 14.8. The summed E-state index contributed by atoms with van der Waals surface area (Å²) in [5.74, 6) is 0.182. The van der Waals surface area contributed by atoms with Crippen LogP contribution in [0.1, 0.15) is 22.3 Å². The molecule has 3 aromatic rings. The van der Waals surface area contributed by atoms with Crippen LogP contribution in [0.25, 0.3) is 0 Å². The van der Waals surface area contributed by atoms with Gasteiger partial charge in [-0.2, -0.15) is 0 Å². The Balaban J connectivity index is 2.21. The fraction of sp³-hybridized carbons (Fsp3) is 0.143. The summed E-state index contributed by atoms with van der Waals surface area (Å²) in [5.41, 5.74) is 2.44. The first-order valence-electron chi connectivity index (χ1n) is 7.97. The molecule has 2 unspecified atom stereocenters. The van der Waals surface area contributed by atoms with Crippen LogP contribution in [-0.4, -0.2) is 11.8 Å². The van der Waals surface area contributed by atoms with Crippen LogP contribution in [-0.2, 0) is 4.57 Å². The number of hydrogen-bond acceptors (Lipinski definition) is 2. The van der Waals surface area contributed by atoms with E-state index in [1.807, 2.05) is 73.7 Å². The first-order valence-corrected chi connectivity index (χ1v) is 10.2. The Morgan fingerprint density at radius 1 is 0.833 bits per heavy atom. The van der Waals surface area contributed by atoms with E-state index in [-0.39, 0.29) is 11.4 Å². The van der Waals surface area contributed by atoms with Gasteiger partial charge in [0.15, 0.2) is 0 Å². The van der Waals surface area contributed by atoms with Gasteiger partial charge in [0.2, 0.25) is 0 Å². The van der Waals surface area contributed by atoms with Crippen LogP contribution in [0.15, 0.2) is 78.9 Å². The summed E-state index contributed by atoms with van der Waals surface area (Å²) in [6.07, 6.45) is 0. The van der Waals surface area contributed by atoms with Crippen molar-refractivity contribution >= 4 is 12.4 Å². The highest BCUT2D eigenvalue weighted by atomic mass is 31.2. The van der Waals surface area contributed by atoms with E-state index < -0.39 is 7.14 Å². The second-order valence-corrected chi connectivity index (χ2v) is 9.21. The molecule has 1 N–H and O–H groups in total. The van der Waals surface area contributed by atoms with E-state index in [1.54, 1.807) is 18.8 Å². The molecule has 0 spiro atoms. The monoisotopic (exact) mass is 336 g/mol. The van der Waals surface area contributed by atoms with Crippen molar-refractivity contribution in [2.45, 2.75) is 12.6 Å². The molecule has 2 atom stereocenters. The van der Waals surface area contributed by atoms with Crippen molar-refractivity contribution in [1.82, 2.24) is 0 Å². The van der Waals surface area contributed by atoms with Crippen LogP contribution in [0, 0.1) is 6.92 Å². The number of phenols is 1. The standard InChI is InChI=1S/C21H21O2P/c1-16-12-14-17(15-13-16)21(19-10-6-7-11-20(19)22)24(2,23)18-8-4-3-5-9-18/h3-15,21-22H,1-2H3. The lowest BCUT2D eigenvalue weighted by Gasteiger charge is -2.27. The molecule has 0 aliphatic heterocycles. The highest BCUT2D eigenvalue weighted by Gasteiger charge is 2.34. The quantitative estimate of drug-likeness (QED) is 0.672. The topological polar surface area (TPSA) is 37.3 Å². The van der Waals surface area contributed by atoms with Crippen molar-refractivity contribution in [3.05, 3.63) is 95.6 Å². The molecular formula is C21H21O2P. The number of rotatable bonds is 4. The first-order chi connectivity index (χ1) is 11.5. The van der Waals surface area contributed by atoms with Gasteiger partial charge in [-0.25, -0.2) is 0 Å². The SMILES string of the molecule is Cc1ccc(C(c2ccccc2O)P(C)(=O)c2ccccc2)cc1. The maximum absolute atomic E-state index is 13.8. The Labute approximate surface area is 143 Å². The molecule has 0 saturated heterocycles. The molecule has 122 valence electrons. The van der Waals surface area contributed by atoms with Gasteiger partial charge in [-0.15, -0.1) is 0 Å². The molecule has 24 heavy (non-hydrogen) atoms. The minimum Gasteiger partial charge on any atom is -0.508 e. The Morgan fingerprint density at radius 3 is 2.04 bits per heavy atom. The minimum absolute atomic E-state index is 0.182. The molecule has 0 aliphatic rings. The number of phenolic OH excluding ortho intramolecular Hbond substituents is 1. The highest BCUT2D eigenvalue weighted by Crippen LogP contribution is 2.59. The summed E-state index contributed by atoms with van der Waals surface area (Å²) in [6, 6.07) is 24.8. The number of benzene rings is 3. The van der Waals surface area contributed by atoms with Gasteiger partial charge in [0, 0.05) is 10.9 Å². The minimum atomic E-state index is -2.80. The molecule has 3 rings (SSSR count). The smallest absolute Gasteiger partial charge is 0.124 e. The number of hydrogen-bond donors (Lipinski definition) is 1. The van der Waals surface area contributed by atoms with E-state index in [1.165, 1.54) is 0 Å². The lowest BCUT2D eigenvalue weighted by Crippen LogP contribution is -2.12. The van der Waals surface area contributed by atoms with Gasteiger partial charge in [0.25, 0.3) is 0 Å². The molecular weight excluding hydrogens is 315 g/mol. The van der Waals surface area contributed by atoms with Crippen LogP contribution in [0.5, 0.6) is 5.75 Å². The first kappa shape index (κ1) is 16.5. The van der Waals surface area contributed by atoms with Crippen molar-refractivity contribution in [3.8, 4) is 5.75 Å².